The maximum atomic E-state index is 10.7. The van der Waals surface area contributed by atoms with Crippen molar-refractivity contribution in [1.29, 1.82) is 0 Å². The molecule has 1 aliphatic heterocycles. The van der Waals surface area contributed by atoms with Crippen LogP contribution in [0.4, 0.5) is 0 Å². The second kappa shape index (κ2) is 1.95. The minimum atomic E-state index is -0.392. The molecular weight excluding hydrogens is 132 g/mol. The Bertz CT molecular complexity index is 166. The normalized spacial score (nSPS) is 45.3. The van der Waals surface area contributed by atoms with Gasteiger partial charge in [-0.2, -0.15) is 0 Å². The van der Waals surface area contributed by atoms with Gasteiger partial charge < -0.3 is 9.84 Å². The maximum absolute atomic E-state index is 10.7. The molecule has 1 aliphatic carbocycles. The third kappa shape index (κ3) is 0.736. The molecule has 10 heavy (non-hydrogen) atoms. The highest BCUT2D eigenvalue weighted by Gasteiger charge is 2.43. The van der Waals surface area contributed by atoms with Crippen molar-refractivity contribution in [2.24, 2.45) is 5.92 Å². The zero-order chi connectivity index (χ0) is 7.14. The molecule has 0 aromatic carbocycles. The van der Waals surface area contributed by atoms with E-state index >= 15 is 0 Å². The topological polar surface area (TPSA) is 46.5 Å². The van der Waals surface area contributed by atoms with Gasteiger partial charge >= 0.3 is 5.97 Å². The molecule has 2 fully saturated rings. The number of fused-ring (bicyclic) bond motifs is 1. The van der Waals surface area contributed by atoms with E-state index in [9.17, 15) is 9.90 Å². The van der Waals surface area contributed by atoms with Crippen LogP contribution in [0, 0.1) is 5.92 Å². The fourth-order valence-electron chi connectivity index (χ4n) is 1.83. The van der Waals surface area contributed by atoms with Crippen LogP contribution in [0.3, 0.4) is 0 Å². The number of hydrogen-bond donors (Lipinski definition) is 1. The molecule has 0 amide bonds. The van der Waals surface area contributed by atoms with Crippen molar-refractivity contribution >= 4 is 5.97 Å². The average Bonchev–Trinajstić information content (AvgIpc) is 2.35. The molecule has 1 saturated carbocycles. The molecule has 56 valence electrons. The highest BCUT2D eigenvalue weighted by Crippen LogP contribution is 2.36. The van der Waals surface area contributed by atoms with Gasteiger partial charge in [0.25, 0.3) is 0 Å². The van der Waals surface area contributed by atoms with Crippen LogP contribution >= 0.6 is 0 Å². The minimum absolute atomic E-state index is 0.145. The molecule has 0 aromatic rings. The third-order valence-electron chi connectivity index (χ3n) is 2.37. The lowest BCUT2D eigenvalue weighted by Gasteiger charge is -2.10. The van der Waals surface area contributed by atoms with Gasteiger partial charge in [-0.05, 0) is 12.8 Å². The van der Waals surface area contributed by atoms with Crippen LogP contribution in [-0.2, 0) is 9.53 Å². The highest BCUT2D eigenvalue weighted by molar-refractivity contribution is 5.72. The molecule has 1 saturated heterocycles. The summed E-state index contributed by atoms with van der Waals surface area (Å²) < 4.78 is 4.91. The fourth-order valence-corrected chi connectivity index (χ4v) is 1.83. The van der Waals surface area contributed by atoms with E-state index in [-0.39, 0.29) is 12.1 Å². The number of carbonyl (C=O) groups excluding carboxylic acids is 1. The van der Waals surface area contributed by atoms with E-state index in [1.807, 2.05) is 0 Å². The van der Waals surface area contributed by atoms with E-state index < -0.39 is 6.10 Å². The standard InChI is InChI=1S/C7H10O3/c8-5-2-1-4-3-6(9)10-7(4)5/h4-5,7-8H,1-3H2. The van der Waals surface area contributed by atoms with Crippen LogP contribution in [0.2, 0.25) is 0 Å². The molecule has 1 N–H and O–H groups in total. The van der Waals surface area contributed by atoms with Gasteiger partial charge in [0.05, 0.1) is 12.5 Å². The van der Waals surface area contributed by atoms with Crippen LogP contribution in [0.25, 0.3) is 0 Å². The van der Waals surface area contributed by atoms with E-state index in [1.54, 1.807) is 0 Å². The number of aliphatic hydroxyl groups is 1. The number of esters is 1. The summed E-state index contributed by atoms with van der Waals surface area (Å²) in [5.74, 6) is 0.163. The third-order valence-corrected chi connectivity index (χ3v) is 2.37. The Morgan fingerprint density at radius 2 is 2.30 bits per heavy atom. The molecule has 0 aromatic heterocycles. The lowest BCUT2D eigenvalue weighted by atomic mass is 10.1. The zero-order valence-electron chi connectivity index (χ0n) is 5.62. The van der Waals surface area contributed by atoms with Crippen LogP contribution in [0.5, 0.6) is 0 Å². The summed E-state index contributed by atoms with van der Waals surface area (Å²) in [6, 6.07) is 0. The fraction of sp³-hybridized carbons (Fsp3) is 0.857. The van der Waals surface area contributed by atoms with Gasteiger partial charge in [0.15, 0.2) is 0 Å². The number of aliphatic hydroxyl groups excluding tert-OH is 1. The lowest BCUT2D eigenvalue weighted by Crippen LogP contribution is -2.23. The Kier molecular flexibility index (Phi) is 1.20. The second-order valence-corrected chi connectivity index (χ2v) is 3.06. The van der Waals surface area contributed by atoms with Gasteiger partial charge in [-0.25, -0.2) is 0 Å². The van der Waals surface area contributed by atoms with Crippen molar-refractivity contribution in [1.82, 2.24) is 0 Å². The van der Waals surface area contributed by atoms with Crippen LogP contribution in [0.15, 0.2) is 0 Å². The van der Waals surface area contributed by atoms with Crippen molar-refractivity contribution in [2.45, 2.75) is 31.5 Å². The summed E-state index contributed by atoms with van der Waals surface area (Å²) in [7, 11) is 0. The molecule has 0 bridgehead atoms. The molecular formula is C7H10O3. The molecule has 1 heterocycles. The number of ether oxygens (including phenoxy) is 1. The van der Waals surface area contributed by atoms with E-state index in [4.69, 9.17) is 4.74 Å². The Balaban J connectivity index is 2.12. The van der Waals surface area contributed by atoms with E-state index in [0.29, 0.717) is 12.3 Å². The second-order valence-electron chi connectivity index (χ2n) is 3.06. The van der Waals surface area contributed by atoms with Gasteiger partial charge in [-0.15, -0.1) is 0 Å². The molecule has 3 unspecified atom stereocenters. The first-order valence-corrected chi connectivity index (χ1v) is 3.65. The summed E-state index contributed by atoms with van der Waals surface area (Å²) >= 11 is 0. The number of rotatable bonds is 0. The first-order chi connectivity index (χ1) is 4.77. The van der Waals surface area contributed by atoms with Crippen molar-refractivity contribution in [3.8, 4) is 0 Å². The summed E-state index contributed by atoms with van der Waals surface area (Å²) in [6.07, 6.45) is 1.69. The number of hydrogen-bond acceptors (Lipinski definition) is 3. The van der Waals surface area contributed by atoms with Crippen LogP contribution in [-0.4, -0.2) is 23.3 Å². The Hall–Kier alpha value is -0.570. The largest absolute Gasteiger partial charge is 0.459 e. The molecule has 0 radical (unpaired) electrons. The van der Waals surface area contributed by atoms with Gasteiger partial charge in [-0.3, -0.25) is 4.79 Å². The summed E-state index contributed by atoms with van der Waals surface area (Å²) in [5.41, 5.74) is 0. The molecule has 0 spiro atoms. The van der Waals surface area contributed by atoms with Crippen LogP contribution < -0.4 is 0 Å². The molecule has 3 atom stereocenters. The Labute approximate surface area is 59.0 Å². The zero-order valence-corrected chi connectivity index (χ0v) is 5.62. The van der Waals surface area contributed by atoms with Crippen molar-refractivity contribution in [3.63, 3.8) is 0 Å². The van der Waals surface area contributed by atoms with E-state index in [1.165, 1.54) is 0 Å². The van der Waals surface area contributed by atoms with Gasteiger partial charge in [0.1, 0.15) is 6.10 Å². The predicted octanol–water partition coefficient (Wildman–Crippen LogP) is 0.0728. The Morgan fingerprint density at radius 1 is 1.50 bits per heavy atom. The first-order valence-electron chi connectivity index (χ1n) is 3.65. The Morgan fingerprint density at radius 3 is 3.00 bits per heavy atom. The molecule has 2 aliphatic rings. The van der Waals surface area contributed by atoms with Gasteiger partial charge in [-0.1, -0.05) is 0 Å². The van der Waals surface area contributed by atoms with Crippen molar-refractivity contribution in [2.75, 3.05) is 0 Å². The number of carbonyl (C=O) groups is 1. The van der Waals surface area contributed by atoms with E-state index in [0.717, 1.165) is 12.8 Å². The van der Waals surface area contributed by atoms with Crippen LogP contribution in [0.1, 0.15) is 19.3 Å². The van der Waals surface area contributed by atoms with Gasteiger partial charge in [0.2, 0.25) is 0 Å². The smallest absolute Gasteiger partial charge is 0.306 e. The average molecular weight is 142 g/mol. The molecule has 3 heteroatoms. The SMILES string of the molecule is O=C1CC2CCC(O)C2O1. The monoisotopic (exact) mass is 142 g/mol. The summed E-state index contributed by atoms with van der Waals surface area (Å²) in [5, 5.41) is 9.24. The molecule has 2 rings (SSSR count). The lowest BCUT2D eigenvalue weighted by molar-refractivity contribution is -0.144. The van der Waals surface area contributed by atoms with Gasteiger partial charge in [0, 0.05) is 5.92 Å². The highest BCUT2D eigenvalue weighted by atomic mass is 16.6. The quantitative estimate of drug-likeness (QED) is 0.487. The predicted molar refractivity (Wildman–Crippen MR) is 33.2 cm³/mol. The summed E-state index contributed by atoms with van der Waals surface area (Å²) in [4.78, 5) is 10.7. The molecule has 3 nitrogen and oxygen atoms in total. The van der Waals surface area contributed by atoms with E-state index in [2.05, 4.69) is 0 Å². The van der Waals surface area contributed by atoms with Crippen molar-refractivity contribution in [3.05, 3.63) is 0 Å². The first kappa shape index (κ1) is 6.16. The van der Waals surface area contributed by atoms with Crippen molar-refractivity contribution < 1.29 is 14.6 Å². The minimum Gasteiger partial charge on any atom is -0.459 e. The maximum Gasteiger partial charge on any atom is 0.306 e. The summed E-state index contributed by atoms with van der Waals surface area (Å²) in [6.45, 7) is 0.